The molecular weight excluding hydrogens is 359 g/mol. The van der Waals surface area contributed by atoms with Crippen molar-refractivity contribution >= 4 is 5.91 Å². The first-order valence-electron chi connectivity index (χ1n) is 9.16. The second kappa shape index (κ2) is 7.72. The highest BCUT2D eigenvalue weighted by atomic mass is 19.1. The van der Waals surface area contributed by atoms with Gasteiger partial charge < -0.3 is 9.88 Å². The average molecular weight is 378 g/mol. The van der Waals surface area contributed by atoms with Gasteiger partial charge in [0.15, 0.2) is 0 Å². The Kier molecular flexibility index (Phi) is 4.97. The molecular formula is C21H19FN4O2. The third kappa shape index (κ3) is 3.83. The molecule has 3 aromatic rings. The quantitative estimate of drug-likeness (QED) is 0.757. The minimum absolute atomic E-state index is 0.0638. The topological polar surface area (TPSA) is 79.0 Å². The van der Waals surface area contributed by atoms with E-state index in [-0.39, 0.29) is 29.7 Å². The maximum absolute atomic E-state index is 13.1. The summed E-state index contributed by atoms with van der Waals surface area (Å²) in [4.78, 5) is 38.1. The number of hydrogen-bond donors (Lipinski definition) is 1. The van der Waals surface area contributed by atoms with E-state index in [4.69, 9.17) is 0 Å². The summed E-state index contributed by atoms with van der Waals surface area (Å²) in [7, 11) is 0. The molecule has 0 spiro atoms. The van der Waals surface area contributed by atoms with Crippen LogP contribution in [-0.4, -0.2) is 32.3 Å². The molecule has 0 bridgehead atoms. The van der Waals surface area contributed by atoms with E-state index in [9.17, 15) is 14.0 Å². The Balaban J connectivity index is 1.59. The van der Waals surface area contributed by atoms with E-state index in [1.807, 2.05) is 0 Å². The molecule has 0 radical (unpaired) electrons. The van der Waals surface area contributed by atoms with E-state index < -0.39 is 0 Å². The van der Waals surface area contributed by atoms with Crippen LogP contribution in [0.5, 0.6) is 0 Å². The standard InChI is InChI=1S/C21H19FN4O2/c22-16-5-3-14(4-6-16)12-20(28)26-11-1-2-18(26)21-24-17(13-19(27)25-21)15-7-9-23-10-8-15/h3-10,13,18H,1-2,11-12H2,(H,24,25,27)/t18-/m0/s1. The second-order valence-electron chi connectivity index (χ2n) is 6.80. The predicted molar refractivity (Wildman–Crippen MR) is 102 cm³/mol. The minimum Gasteiger partial charge on any atom is -0.332 e. The van der Waals surface area contributed by atoms with Gasteiger partial charge in [-0.2, -0.15) is 0 Å². The first-order chi connectivity index (χ1) is 13.6. The zero-order valence-electron chi connectivity index (χ0n) is 15.1. The normalized spacial score (nSPS) is 16.3. The number of hydrogen-bond acceptors (Lipinski definition) is 4. The third-order valence-corrected chi connectivity index (χ3v) is 4.89. The molecule has 1 aliphatic rings. The number of carbonyl (C=O) groups is 1. The number of pyridine rings is 1. The SMILES string of the molecule is O=C(Cc1ccc(F)cc1)N1CCC[C@H]1c1nc(-c2ccncc2)cc(=O)[nH]1. The number of nitrogens with one attached hydrogen (secondary N) is 1. The minimum atomic E-state index is -0.329. The highest BCUT2D eigenvalue weighted by Crippen LogP contribution is 2.31. The van der Waals surface area contributed by atoms with Crippen LogP contribution in [0.4, 0.5) is 4.39 Å². The van der Waals surface area contributed by atoms with Crippen molar-refractivity contribution in [3.63, 3.8) is 0 Å². The van der Waals surface area contributed by atoms with E-state index in [2.05, 4.69) is 15.0 Å². The molecule has 1 N–H and O–H groups in total. The molecule has 6 nitrogen and oxygen atoms in total. The zero-order valence-corrected chi connectivity index (χ0v) is 15.1. The lowest BCUT2D eigenvalue weighted by Crippen LogP contribution is -2.33. The Labute approximate surface area is 161 Å². The number of rotatable bonds is 4. The maximum atomic E-state index is 13.1. The van der Waals surface area contributed by atoms with Gasteiger partial charge in [0, 0.05) is 30.6 Å². The van der Waals surface area contributed by atoms with Crippen LogP contribution in [0.2, 0.25) is 0 Å². The number of nitrogens with zero attached hydrogens (tertiary/aromatic N) is 3. The summed E-state index contributed by atoms with van der Waals surface area (Å²) < 4.78 is 13.1. The van der Waals surface area contributed by atoms with Crippen molar-refractivity contribution < 1.29 is 9.18 Å². The van der Waals surface area contributed by atoms with Crippen LogP contribution in [0.3, 0.4) is 0 Å². The molecule has 1 aromatic carbocycles. The second-order valence-corrected chi connectivity index (χ2v) is 6.80. The first-order valence-corrected chi connectivity index (χ1v) is 9.16. The fourth-order valence-corrected chi connectivity index (χ4v) is 3.53. The van der Waals surface area contributed by atoms with Gasteiger partial charge in [0.25, 0.3) is 5.56 Å². The molecule has 2 aromatic heterocycles. The van der Waals surface area contributed by atoms with Crippen molar-refractivity contribution in [2.24, 2.45) is 0 Å². The van der Waals surface area contributed by atoms with Crippen LogP contribution in [-0.2, 0) is 11.2 Å². The van der Waals surface area contributed by atoms with E-state index in [0.717, 1.165) is 24.0 Å². The van der Waals surface area contributed by atoms with Gasteiger partial charge in [-0.3, -0.25) is 14.6 Å². The van der Waals surface area contributed by atoms with Crippen molar-refractivity contribution in [2.45, 2.75) is 25.3 Å². The van der Waals surface area contributed by atoms with Crippen LogP contribution in [0.25, 0.3) is 11.3 Å². The average Bonchev–Trinajstić information content (AvgIpc) is 3.20. The van der Waals surface area contributed by atoms with Gasteiger partial charge in [0.05, 0.1) is 18.2 Å². The van der Waals surface area contributed by atoms with Crippen molar-refractivity contribution in [3.8, 4) is 11.3 Å². The molecule has 0 aliphatic carbocycles. The monoisotopic (exact) mass is 378 g/mol. The molecule has 4 rings (SSSR count). The van der Waals surface area contributed by atoms with Gasteiger partial charge in [-0.15, -0.1) is 0 Å². The van der Waals surface area contributed by atoms with Crippen LogP contribution in [0, 0.1) is 5.82 Å². The van der Waals surface area contributed by atoms with Gasteiger partial charge in [-0.1, -0.05) is 12.1 Å². The molecule has 0 unspecified atom stereocenters. The number of aromatic nitrogens is 3. The molecule has 142 valence electrons. The van der Waals surface area contributed by atoms with Gasteiger partial charge in [0.2, 0.25) is 5.91 Å². The molecule has 1 saturated heterocycles. The van der Waals surface area contributed by atoms with E-state index >= 15 is 0 Å². The Morgan fingerprint density at radius 1 is 1.18 bits per heavy atom. The van der Waals surface area contributed by atoms with Crippen molar-refractivity contribution in [3.05, 3.63) is 82.4 Å². The summed E-state index contributed by atoms with van der Waals surface area (Å²) >= 11 is 0. The van der Waals surface area contributed by atoms with E-state index in [0.29, 0.717) is 18.1 Å². The smallest absolute Gasteiger partial charge is 0.251 e. The van der Waals surface area contributed by atoms with Crippen molar-refractivity contribution in [1.82, 2.24) is 19.9 Å². The molecule has 1 aliphatic heterocycles. The summed E-state index contributed by atoms with van der Waals surface area (Å²) in [5, 5.41) is 0. The summed E-state index contributed by atoms with van der Waals surface area (Å²) in [6.45, 7) is 0.605. The lowest BCUT2D eigenvalue weighted by molar-refractivity contribution is -0.131. The van der Waals surface area contributed by atoms with Gasteiger partial charge in [-0.25, -0.2) is 9.37 Å². The molecule has 1 atom stereocenters. The van der Waals surface area contributed by atoms with Gasteiger partial charge >= 0.3 is 0 Å². The zero-order chi connectivity index (χ0) is 19.5. The molecule has 7 heteroatoms. The van der Waals surface area contributed by atoms with Crippen LogP contribution in [0.15, 0.2) is 59.7 Å². The van der Waals surface area contributed by atoms with Gasteiger partial charge in [-0.05, 0) is 42.7 Å². The highest BCUT2D eigenvalue weighted by Gasteiger charge is 2.31. The summed E-state index contributed by atoms with van der Waals surface area (Å²) in [5.74, 6) is 0.0975. The van der Waals surface area contributed by atoms with Crippen LogP contribution >= 0.6 is 0 Å². The lowest BCUT2D eigenvalue weighted by atomic mass is 10.1. The summed E-state index contributed by atoms with van der Waals surface area (Å²) in [6.07, 6.45) is 5.05. The largest absolute Gasteiger partial charge is 0.332 e. The molecule has 28 heavy (non-hydrogen) atoms. The number of aromatic amines is 1. The van der Waals surface area contributed by atoms with Crippen LogP contribution < -0.4 is 5.56 Å². The lowest BCUT2D eigenvalue weighted by Gasteiger charge is -2.24. The number of amides is 1. The molecule has 0 saturated carbocycles. The van der Waals surface area contributed by atoms with Gasteiger partial charge in [0.1, 0.15) is 11.6 Å². The molecule has 1 amide bonds. The summed E-state index contributed by atoms with van der Waals surface area (Å²) in [6, 6.07) is 10.7. The van der Waals surface area contributed by atoms with Crippen molar-refractivity contribution in [2.75, 3.05) is 6.54 Å². The molecule has 1 fully saturated rings. The van der Waals surface area contributed by atoms with E-state index in [1.54, 1.807) is 41.6 Å². The fraction of sp³-hybridized carbons (Fsp3) is 0.238. The van der Waals surface area contributed by atoms with E-state index in [1.165, 1.54) is 18.2 Å². The Hall–Kier alpha value is -3.35. The summed E-state index contributed by atoms with van der Waals surface area (Å²) in [5.41, 5.74) is 1.85. The fourth-order valence-electron chi connectivity index (χ4n) is 3.53. The number of halogens is 1. The Morgan fingerprint density at radius 3 is 2.68 bits per heavy atom. The number of H-pyrrole nitrogens is 1. The Morgan fingerprint density at radius 2 is 1.93 bits per heavy atom. The third-order valence-electron chi connectivity index (χ3n) is 4.89. The Bertz CT molecular complexity index is 1030. The predicted octanol–water partition coefficient (Wildman–Crippen LogP) is 2.88. The number of carbonyl (C=O) groups excluding carboxylic acids is 1. The molecule has 3 heterocycles. The number of likely N-dealkylation sites (tertiary alicyclic amines) is 1. The number of benzene rings is 1. The maximum Gasteiger partial charge on any atom is 0.251 e. The first kappa shape index (κ1) is 18.0. The van der Waals surface area contributed by atoms with Crippen molar-refractivity contribution in [1.29, 1.82) is 0 Å². The van der Waals surface area contributed by atoms with Crippen LogP contribution in [0.1, 0.15) is 30.3 Å². The highest BCUT2D eigenvalue weighted by molar-refractivity contribution is 5.79.